The Morgan fingerprint density at radius 3 is 2.22 bits per heavy atom. The van der Waals surface area contributed by atoms with E-state index in [9.17, 15) is 4.79 Å². The molecular formula is C15H23NO2. The van der Waals surface area contributed by atoms with E-state index in [1.165, 1.54) is 11.1 Å². The summed E-state index contributed by atoms with van der Waals surface area (Å²) in [5.41, 5.74) is 4.67. The van der Waals surface area contributed by atoms with Crippen LogP contribution in [0.2, 0.25) is 0 Å². The highest BCUT2D eigenvalue weighted by Gasteiger charge is 2.21. The lowest BCUT2D eigenvalue weighted by Crippen LogP contribution is -2.27. The van der Waals surface area contributed by atoms with E-state index < -0.39 is 5.97 Å². The number of hydrogen-bond acceptors (Lipinski definition) is 2. The van der Waals surface area contributed by atoms with Crippen molar-refractivity contribution in [3.63, 3.8) is 0 Å². The summed E-state index contributed by atoms with van der Waals surface area (Å²) >= 11 is 0. The first-order chi connectivity index (χ1) is 8.32. The summed E-state index contributed by atoms with van der Waals surface area (Å²) in [5.74, 6) is -0.966. The molecular weight excluding hydrogens is 226 g/mol. The van der Waals surface area contributed by atoms with E-state index in [0.717, 1.165) is 11.3 Å². The maximum absolute atomic E-state index is 11.1. The van der Waals surface area contributed by atoms with Crippen molar-refractivity contribution in [2.24, 2.45) is 11.8 Å². The van der Waals surface area contributed by atoms with Crippen molar-refractivity contribution in [3.8, 4) is 0 Å². The van der Waals surface area contributed by atoms with E-state index in [4.69, 9.17) is 5.11 Å². The van der Waals surface area contributed by atoms with Gasteiger partial charge in [0.05, 0.1) is 5.92 Å². The Bertz CT molecular complexity index is 438. The zero-order chi connectivity index (χ0) is 13.9. The second-order valence-corrected chi connectivity index (χ2v) is 5.32. The van der Waals surface area contributed by atoms with Gasteiger partial charge >= 0.3 is 5.97 Å². The molecule has 1 unspecified atom stereocenters. The number of anilines is 1. The molecule has 0 saturated carbocycles. The molecule has 0 aliphatic heterocycles. The van der Waals surface area contributed by atoms with Gasteiger partial charge in [0, 0.05) is 12.2 Å². The third kappa shape index (κ3) is 3.49. The van der Waals surface area contributed by atoms with E-state index in [1.54, 1.807) is 0 Å². The summed E-state index contributed by atoms with van der Waals surface area (Å²) in [4.78, 5) is 11.1. The van der Waals surface area contributed by atoms with Gasteiger partial charge in [0.2, 0.25) is 0 Å². The predicted octanol–water partition coefficient (Wildman–Crippen LogP) is 3.38. The summed E-state index contributed by atoms with van der Waals surface area (Å²) in [6.45, 7) is 10.5. The lowest BCUT2D eigenvalue weighted by Gasteiger charge is -2.19. The molecule has 100 valence electrons. The molecule has 2 N–H and O–H groups in total. The predicted molar refractivity (Wildman–Crippen MR) is 75.1 cm³/mol. The number of carboxylic acid groups (broad SMARTS) is 1. The minimum absolute atomic E-state index is 0.127. The molecule has 0 amide bonds. The monoisotopic (exact) mass is 249 g/mol. The highest BCUT2D eigenvalue weighted by atomic mass is 16.4. The van der Waals surface area contributed by atoms with Crippen molar-refractivity contribution < 1.29 is 9.90 Å². The van der Waals surface area contributed by atoms with Crippen LogP contribution in [-0.2, 0) is 4.79 Å². The Labute approximate surface area is 109 Å². The van der Waals surface area contributed by atoms with E-state index >= 15 is 0 Å². The van der Waals surface area contributed by atoms with Gasteiger partial charge in [-0.15, -0.1) is 0 Å². The van der Waals surface area contributed by atoms with Crippen LogP contribution in [0.25, 0.3) is 0 Å². The first-order valence-electron chi connectivity index (χ1n) is 6.37. The van der Waals surface area contributed by atoms with Crippen LogP contribution in [0.3, 0.4) is 0 Å². The summed E-state index contributed by atoms with van der Waals surface area (Å²) in [6.07, 6.45) is 0. The number of hydrogen-bond donors (Lipinski definition) is 2. The van der Waals surface area contributed by atoms with Gasteiger partial charge in [0.25, 0.3) is 0 Å². The first-order valence-corrected chi connectivity index (χ1v) is 6.37. The maximum atomic E-state index is 11.1. The molecule has 1 aromatic carbocycles. The Hall–Kier alpha value is -1.51. The molecule has 3 heteroatoms. The number of carbonyl (C=O) groups is 1. The van der Waals surface area contributed by atoms with E-state index in [0.29, 0.717) is 6.54 Å². The van der Waals surface area contributed by atoms with Crippen molar-refractivity contribution in [3.05, 3.63) is 28.8 Å². The smallest absolute Gasteiger partial charge is 0.308 e. The fraction of sp³-hybridized carbons (Fsp3) is 0.533. The number of nitrogens with one attached hydrogen (secondary N) is 1. The average molecular weight is 249 g/mol. The van der Waals surface area contributed by atoms with Crippen LogP contribution in [0.15, 0.2) is 12.1 Å². The summed E-state index contributed by atoms with van der Waals surface area (Å²) < 4.78 is 0. The maximum Gasteiger partial charge on any atom is 0.308 e. The molecule has 0 fully saturated rings. The molecule has 0 bridgehead atoms. The highest BCUT2D eigenvalue weighted by Crippen LogP contribution is 2.21. The number of benzene rings is 1. The number of carboxylic acids is 1. The average Bonchev–Trinajstić information content (AvgIpc) is 2.24. The zero-order valence-electron chi connectivity index (χ0n) is 11.9. The number of aryl methyl sites for hydroxylation is 3. The van der Waals surface area contributed by atoms with E-state index in [1.807, 2.05) is 20.8 Å². The zero-order valence-corrected chi connectivity index (χ0v) is 11.9. The molecule has 0 aromatic heterocycles. The van der Waals surface area contributed by atoms with Crippen molar-refractivity contribution in [2.45, 2.75) is 34.6 Å². The normalized spacial score (nSPS) is 12.6. The van der Waals surface area contributed by atoms with Crippen LogP contribution in [0, 0.1) is 32.6 Å². The van der Waals surface area contributed by atoms with Gasteiger partial charge in [0.1, 0.15) is 0 Å². The molecule has 0 heterocycles. The van der Waals surface area contributed by atoms with Crippen molar-refractivity contribution in [1.29, 1.82) is 0 Å². The van der Waals surface area contributed by atoms with Gasteiger partial charge in [-0.3, -0.25) is 4.79 Å². The fourth-order valence-corrected chi connectivity index (χ4v) is 1.98. The molecule has 1 atom stereocenters. The fourth-order valence-electron chi connectivity index (χ4n) is 1.98. The molecule has 3 nitrogen and oxygen atoms in total. The number of aliphatic carboxylic acids is 1. The van der Waals surface area contributed by atoms with E-state index in [-0.39, 0.29) is 11.8 Å². The topological polar surface area (TPSA) is 49.3 Å². The molecule has 0 spiro atoms. The molecule has 0 radical (unpaired) electrons. The highest BCUT2D eigenvalue weighted by molar-refractivity contribution is 5.71. The Kier molecular flexibility index (Phi) is 4.76. The Balaban J connectivity index is 2.79. The Morgan fingerprint density at radius 2 is 1.72 bits per heavy atom. The number of rotatable bonds is 5. The van der Waals surface area contributed by atoms with Crippen molar-refractivity contribution >= 4 is 11.7 Å². The quantitative estimate of drug-likeness (QED) is 0.841. The summed E-state index contributed by atoms with van der Waals surface area (Å²) in [6, 6.07) is 4.21. The van der Waals surface area contributed by atoms with Crippen molar-refractivity contribution in [2.75, 3.05) is 11.9 Å². The molecule has 1 aromatic rings. The van der Waals surface area contributed by atoms with Crippen molar-refractivity contribution in [1.82, 2.24) is 0 Å². The molecule has 1 rings (SSSR count). The van der Waals surface area contributed by atoms with E-state index in [2.05, 4.69) is 31.3 Å². The summed E-state index contributed by atoms with van der Waals surface area (Å²) in [7, 11) is 0. The van der Waals surface area contributed by atoms with Crippen LogP contribution in [-0.4, -0.2) is 17.6 Å². The molecule has 18 heavy (non-hydrogen) atoms. The van der Waals surface area contributed by atoms with Crippen LogP contribution in [0.1, 0.15) is 30.5 Å². The minimum Gasteiger partial charge on any atom is -0.481 e. The van der Waals surface area contributed by atoms with Crippen LogP contribution in [0.4, 0.5) is 5.69 Å². The largest absolute Gasteiger partial charge is 0.481 e. The van der Waals surface area contributed by atoms with Crippen LogP contribution < -0.4 is 5.32 Å². The summed E-state index contributed by atoms with van der Waals surface area (Å²) in [5, 5.41) is 12.4. The lowest BCUT2D eigenvalue weighted by atomic mass is 9.95. The van der Waals surface area contributed by atoms with Crippen LogP contribution >= 0.6 is 0 Å². The standard InChI is InChI=1S/C15H23NO2/c1-9(2)13(15(17)18)8-16-14-7-11(4)10(3)6-12(14)5/h6-7,9,13,16H,8H2,1-5H3,(H,17,18). The first kappa shape index (κ1) is 14.6. The second-order valence-electron chi connectivity index (χ2n) is 5.32. The van der Waals surface area contributed by atoms with Gasteiger partial charge in [-0.05, 0) is 49.4 Å². The SMILES string of the molecule is Cc1cc(C)c(NCC(C(=O)O)C(C)C)cc1C. The minimum atomic E-state index is -0.737. The van der Waals surface area contributed by atoms with Gasteiger partial charge < -0.3 is 10.4 Å². The molecule has 0 aliphatic rings. The Morgan fingerprint density at radius 1 is 1.17 bits per heavy atom. The van der Waals surface area contributed by atoms with Crippen LogP contribution in [0.5, 0.6) is 0 Å². The molecule has 0 saturated heterocycles. The van der Waals surface area contributed by atoms with Gasteiger partial charge in [0.15, 0.2) is 0 Å². The third-order valence-electron chi connectivity index (χ3n) is 3.48. The molecule has 0 aliphatic carbocycles. The van der Waals surface area contributed by atoms with Gasteiger partial charge in [-0.1, -0.05) is 19.9 Å². The second kappa shape index (κ2) is 5.89. The van der Waals surface area contributed by atoms with Gasteiger partial charge in [-0.25, -0.2) is 0 Å². The van der Waals surface area contributed by atoms with Gasteiger partial charge in [-0.2, -0.15) is 0 Å². The third-order valence-corrected chi connectivity index (χ3v) is 3.48. The lowest BCUT2D eigenvalue weighted by molar-refractivity contribution is -0.142.